The Balaban J connectivity index is 1.57. The van der Waals surface area contributed by atoms with Crippen LogP contribution < -0.4 is 5.32 Å². The summed E-state index contributed by atoms with van der Waals surface area (Å²) in [6, 6.07) is 10.0. The van der Waals surface area contributed by atoms with Crippen LogP contribution in [0, 0.1) is 0 Å². The predicted molar refractivity (Wildman–Crippen MR) is 101 cm³/mol. The molecule has 0 radical (unpaired) electrons. The molecule has 0 bridgehead atoms. The van der Waals surface area contributed by atoms with Crippen molar-refractivity contribution in [3.05, 3.63) is 35.9 Å². The first-order valence-electron chi connectivity index (χ1n) is 9.28. The molecule has 2 saturated heterocycles. The Morgan fingerprint density at radius 3 is 2.38 bits per heavy atom. The maximum Gasteiger partial charge on any atom is 0.244 e. The Morgan fingerprint density at radius 2 is 1.81 bits per heavy atom. The highest BCUT2D eigenvalue weighted by molar-refractivity contribution is 7.92. The van der Waals surface area contributed by atoms with Crippen LogP contribution in [0.25, 0.3) is 0 Å². The van der Waals surface area contributed by atoms with Crippen molar-refractivity contribution < 1.29 is 17.9 Å². The molecule has 2 aliphatic heterocycles. The van der Waals surface area contributed by atoms with Gasteiger partial charge < -0.3 is 15.0 Å². The molecule has 0 aliphatic carbocycles. The third-order valence-electron chi connectivity index (χ3n) is 5.57. The van der Waals surface area contributed by atoms with E-state index in [4.69, 9.17) is 4.74 Å². The summed E-state index contributed by atoms with van der Waals surface area (Å²) in [6.07, 6.45) is 3.52. The van der Waals surface area contributed by atoms with E-state index in [1.807, 2.05) is 30.3 Å². The van der Waals surface area contributed by atoms with Crippen molar-refractivity contribution in [2.24, 2.45) is 0 Å². The largest absolute Gasteiger partial charge is 0.373 e. The summed E-state index contributed by atoms with van der Waals surface area (Å²) in [5, 5.41) is 3.15. The molecule has 0 saturated carbocycles. The van der Waals surface area contributed by atoms with Gasteiger partial charge in [0, 0.05) is 19.3 Å². The number of likely N-dealkylation sites (tertiary alicyclic amines) is 1. The second kappa shape index (κ2) is 8.06. The van der Waals surface area contributed by atoms with Gasteiger partial charge in [-0.25, -0.2) is 8.42 Å². The van der Waals surface area contributed by atoms with Crippen LogP contribution in [-0.4, -0.2) is 62.5 Å². The lowest BCUT2D eigenvalue weighted by atomic mass is 9.94. The highest BCUT2D eigenvalue weighted by Gasteiger charge is 2.50. The van der Waals surface area contributed by atoms with Crippen LogP contribution in [-0.2, 0) is 26.0 Å². The van der Waals surface area contributed by atoms with Gasteiger partial charge in [0.15, 0.2) is 14.6 Å². The third kappa shape index (κ3) is 4.10. The SMILES string of the molecule is CS(=O)(=O)C1(C(=O)N2CCC(OCc3ccccc3)CC2)CCNCC1. The van der Waals surface area contributed by atoms with Crippen molar-refractivity contribution in [1.82, 2.24) is 10.2 Å². The number of hydrogen-bond acceptors (Lipinski definition) is 5. The fraction of sp³-hybridized carbons (Fsp3) is 0.632. The van der Waals surface area contributed by atoms with E-state index in [-0.39, 0.29) is 12.0 Å². The van der Waals surface area contributed by atoms with Crippen LogP contribution in [0.1, 0.15) is 31.2 Å². The van der Waals surface area contributed by atoms with Crippen LogP contribution in [0.5, 0.6) is 0 Å². The van der Waals surface area contributed by atoms with Crippen molar-refractivity contribution in [2.75, 3.05) is 32.4 Å². The van der Waals surface area contributed by atoms with E-state index in [9.17, 15) is 13.2 Å². The minimum Gasteiger partial charge on any atom is -0.373 e. The number of ether oxygens (including phenoxy) is 1. The summed E-state index contributed by atoms with van der Waals surface area (Å²) in [5.74, 6) is -0.219. The van der Waals surface area contributed by atoms with E-state index < -0.39 is 14.6 Å². The van der Waals surface area contributed by atoms with Gasteiger partial charge in [-0.2, -0.15) is 0 Å². The maximum atomic E-state index is 13.1. The summed E-state index contributed by atoms with van der Waals surface area (Å²) in [5.41, 5.74) is 1.14. The number of hydrogen-bond donors (Lipinski definition) is 1. The minimum absolute atomic E-state index is 0.112. The van der Waals surface area contributed by atoms with Crippen LogP contribution in [0.15, 0.2) is 30.3 Å². The molecule has 1 N–H and O–H groups in total. The Labute approximate surface area is 155 Å². The number of carbonyl (C=O) groups is 1. The molecule has 1 aromatic rings. The molecule has 2 aliphatic rings. The molecule has 2 heterocycles. The number of rotatable bonds is 5. The van der Waals surface area contributed by atoms with E-state index in [2.05, 4.69) is 5.32 Å². The number of nitrogens with one attached hydrogen (secondary N) is 1. The fourth-order valence-corrected chi connectivity index (χ4v) is 5.27. The average molecular weight is 381 g/mol. The van der Waals surface area contributed by atoms with Crippen LogP contribution in [0.2, 0.25) is 0 Å². The molecule has 7 heteroatoms. The van der Waals surface area contributed by atoms with Crippen molar-refractivity contribution in [2.45, 2.75) is 43.1 Å². The second-order valence-electron chi connectivity index (χ2n) is 7.30. The van der Waals surface area contributed by atoms with Gasteiger partial charge in [-0.1, -0.05) is 30.3 Å². The maximum absolute atomic E-state index is 13.1. The standard InChI is InChI=1S/C19H28N2O4S/c1-26(23,24)19(9-11-20-12-10-19)18(22)21-13-7-17(8-14-21)25-15-16-5-3-2-4-6-16/h2-6,17,20H,7-15H2,1H3. The molecule has 3 rings (SSSR count). The normalized spacial score (nSPS) is 21.5. The van der Waals surface area contributed by atoms with E-state index in [0.717, 1.165) is 18.4 Å². The molecule has 2 fully saturated rings. The van der Waals surface area contributed by atoms with Gasteiger partial charge in [0.05, 0.1) is 12.7 Å². The Morgan fingerprint density at radius 1 is 1.19 bits per heavy atom. The zero-order valence-electron chi connectivity index (χ0n) is 15.3. The van der Waals surface area contributed by atoms with Crippen molar-refractivity contribution in [3.63, 3.8) is 0 Å². The third-order valence-corrected chi connectivity index (χ3v) is 7.57. The smallest absolute Gasteiger partial charge is 0.244 e. The monoisotopic (exact) mass is 380 g/mol. The predicted octanol–water partition coefficient (Wildman–Crippen LogP) is 1.36. The summed E-state index contributed by atoms with van der Waals surface area (Å²) in [6.45, 7) is 2.81. The van der Waals surface area contributed by atoms with Gasteiger partial charge in [-0.3, -0.25) is 4.79 Å². The highest BCUT2D eigenvalue weighted by atomic mass is 32.2. The second-order valence-corrected chi connectivity index (χ2v) is 9.63. The average Bonchev–Trinajstić information content (AvgIpc) is 2.67. The molecule has 6 nitrogen and oxygen atoms in total. The molecule has 26 heavy (non-hydrogen) atoms. The van der Waals surface area contributed by atoms with Gasteiger partial charge in [0.25, 0.3) is 0 Å². The fourth-order valence-electron chi connectivity index (χ4n) is 3.88. The Hall–Kier alpha value is -1.44. The van der Waals surface area contributed by atoms with Crippen molar-refractivity contribution in [1.29, 1.82) is 0 Å². The number of nitrogens with zero attached hydrogens (tertiary/aromatic N) is 1. The van der Waals surface area contributed by atoms with Crippen LogP contribution >= 0.6 is 0 Å². The van der Waals surface area contributed by atoms with Crippen LogP contribution in [0.4, 0.5) is 0 Å². The van der Waals surface area contributed by atoms with E-state index in [1.54, 1.807) is 4.90 Å². The minimum atomic E-state index is -3.46. The summed E-state index contributed by atoms with van der Waals surface area (Å²) >= 11 is 0. The first kappa shape index (κ1) is 19.3. The molecule has 1 amide bonds. The zero-order chi connectivity index (χ0) is 18.6. The van der Waals surface area contributed by atoms with Crippen LogP contribution in [0.3, 0.4) is 0 Å². The molecular weight excluding hydrogens is 352 g/mol. The summed E-state index contributed by atoms with van der Waals surface area (Å²) in [7, 11) is -3.46. The number of piperidine rings is 2. The van der Waals surface area contributed by atoms with E-state index in [0.29, 0.717) is 45.6 Å². The number of carbonyl (C=O) groups excluding carboxylic acids is 1. The molecular formula is C19H28N2O4S. The van der Waals surface area contributed by atoms with Gasteiger partial charge in [0.2, 0.25) is 5.91 Å². The topological polar surface area (TPSA) is 75.7 Å². The highest BCUT2D eigenvalue weighted by Crippen LogP contribution is 2.31. The number of amides is 1. The molecule has 1 aromatic carbocycles. The van der Waals surface area contributed by atoms with E-state index in [1.165, 1.54) is 6.26 Å². The lowest BCUT2D eigenvalue weighted by molar-refractivity contribution is -0.137. The lowest BCUT2D eigenvalue weighted by Gasteiger charge is -2.41. The number of sulfone groups is 1. The molecule has 144 valence electrons. The quantitative estimate of drug-likeness (QED) is 0.835. The van der Waals surface area contributed by atoms with Crippen molar-refractivity contribution in [3.8, 4) is 0 Å². The number of benzene rings is 1. The molecule has 0 spiro atoms. The van der Waals surface area contributed by atoms with Crippen molar-refractivity contribution >= 4 is 15.7 Å². The van der Waals surface area contributed by atoms with Gasteiger partial charge in [0.1, 0.15) is 0 Å². The zero-order valence-corrected chi connectivity index (χ0v) is 16.1. The Bertz CT molecular complexity index is 706. The first-order chi connectivity index (χ1) is 12.4. The molecule has 0 atom stereocenters. The van der Waals surface area contributed by atoms with Gasteiger partial charge in [-0.15, -0.1) is 0 Å². The van der Waals surface area contributed by atoms with E-state index >= 15 is 0 Å². The summed E-state index contributed by atoms with van der Waals surface area (Å²) < 4.78 is 29.5. The lowest BCUT2D eigenvalue weighted by Crippen LogP contribution is -2.59. The summed E-state index contributed by atoms with van der Waals surface area (Å²) in [4.78, 5) is 14.8. The molecule has 0 unspecified atom stereocenters. The Kier molecular flexibility index (Phi) is 5.99. The molecule has 0 aromatic heterocycles. The van der Waals surface area contributed by atoms with Gasteiger partial charge >= 0.3 is 0 Å². The van der Waals surface area contributed by atoms with Gasteiger partial charge in [-0.05, 0) is 44.3 Å². The first-order valence-corrected chi connectivity index (χ1v) is 11.2.